The summed E-state index contributed by atoms with van der Waals surface area (Å²) >= 11 is 3.77. The van der Waals surface area contributed by atoms with Crippen LogP contribution in [-0.2, 0) is 6.54 Å². The molecule has 0 bridgehead atoms. The predicted molar refractivity (Wildman–Crippen MR) is 115 cm³/mol. The maximum atomic E-state index is 2.43. The number of anilines is 1. The van der Waals surface area contributed by atoms with Crippen LogP contribution in [0.15, 0.2) is 94.4 Å². The van der Waals surface area contributed by atoms with Gasteiger partial charge in [0.05, 0.1) is 16.3 Å². The molecule has 0 saturated carbocycles. The molecule has 0 saturated heterocycles. The van der Waals surface area contributed by atoms with Crippen molar-refractivity contribution in [1.82, 2.24) is 0 Å². The molecular weight excluding hydrogens is 368 g/mol. The molecule has 1 aromatic heterocycles. The van der Waals surface area contributed by atoms with Gasteiger partial charge in [-0.2, -0.15) is 4.57 Å². The Morgan fingerprint density at radius 2 is 1.85 bits per heavy atom. The van der Waals surface area contributed by atoms with Crippen LogP contribution in [0.4, 0.5) is 5.69 Å². The summed E-state index contributed by atoms with van der Waals surface area (Å²) in [6.45, 7) is 1.90. The van der Waals surface area contributed by atoms with Crippen LogP contribution in [-0.4, -0.2) is 6.54 Å². The number of nitrogens with zero attached hydrogens (tertiary/aromatic N) is 2. The summed E-state index contributed by atoms with van der Waals surface area (Å²) in [5, 5.41) is 2.69. The largest absolute Gasteiger partial charge is 0.331 e. The van der Waals surface area contributed by atoms with E-state index in [2.05, 4.69) is 88.4 Å². The van der Waals surface area contributed by atoms with Crippen molar-refractivity contribution in [3.05, 3.63) is 94.5 Å². The predicted octanol–water partition coefficient (Wildman–Crippen LogP) is 5.54. The van der Waals surface area contributed by atoms with Gasteiger partial charge in [-0.25, -0.2) is 0 Å². The number of thiazole rings is 1. The molecule has 0 unspecified atom stereocenters. The Kier molecular flexibility index (Phi) is 3.43. The lowest BCUT2D eigenvalue weighted by molar-refractivity contribution is -0.659. The lowest BCUT2D eigenvalue weighted by atomic mass is 10.1. The van der Waals surface area contributed by atoms with Crippen molar-refractivity contribution >= 4 is 44.6 Å². The van der Waals surface area contributed by atoms with Crippen LogP contribution in [0, 0.1) is 0 Å². The summed E-state index contributed by atoms with van der Waals surface area (Å²) in [4.78, 5) is 3.78. The number of allylic oxidation sites excluding steroid dienone is 6. The van der Waals surface area contributed by atoms with Gasteiger partial charge in [0.25, 0.3) is 5.01 Å². The van der Waals surface area contributed by atoms with Gasteiger partial charge in [-0.1, -0.05) is 59.5 Å². The summed E-state index contributed by atoms with van der Waals surface area (Å²) in [5.74, 6) is 0. The van der Waals surface area contributed by atoms with E-state index in [0.717, 1.165) is 13.1 Å². The smallest absolute Gasteiger partial charge is 0.270 e. The van der Waals surface area contributed by atoms with Crippen LogP contribution in [0.3, 0.4) is 0 Å². The van der Waals surface area contributed by atoms with E-state index in [1.807, 2.05) is 23.1 Å². The molecular formula is C23H17N2S2+. The van der Waals surface area contributed by atoms with E-state index in [4.69, 9.17) is 0 Å². The quantitative estimate of drug-likeness (QED) is 0.508. The fourth-order valence-electron chi connectivity index (χ4n) is 3.96. The van der Waals surface area contributed by atoms with E-state index in [1.165, 1.54) is 42.0 Å². The van der Waals surface area contributed by atoms with E-state index >= 15 is 0 Å². The summed E-state index contributed by atoms with van der Waals surface area (Å²) in [6.07, 6.45) is 11.4. The Labute approximate surface area is 166 Å². The number of rotatable bonds is 1. The normalized spacial score (nSPS) is 19.0. The number of benzene rings is 2. The van der Waals surface area contributed by atoms with Gasteiger partial charge in [-0.3, -0.25) is 0 Å². The van der Waals surface area contributed by atoms with E-state index in [0.29, 0.717) is 0 Å². The molecule has 4 heteroatoms. The highest BCUT2D eigenvalue weighted by molar-refractivity contribution is 8.03. The Balaban J connectivity index is 1.49. The highest BCUT2D eigenvalue weighted by atomic mass is 32.2. The Hall–Kier alpha value is -2.56. The van der Waals surface area contributed by atoms with Crippen molar-refractivity contribution < 1.29 is 4.57 Å². The molecule has 2 nitrogen and oxygen atoms in total. The van der Waals surface area contributed by atoms with E-state index in [1.54, 1.807) is 0 Å². The summed E-state index contributed by atoms with van der Waals surface area (Å²) in [6, 6.07) is 17.4. The van der Waals surface area contributed by atoms with Crippen LogP contribution in [0.25, 0.3) is 15.8 Å². The first kappa shape index (κ1) is 15.5. The molecule has 4 heterocycles. The van der Waals surface area contributed by atoms with Crippen molar-refractivity contribution in [3.8, 4) is 0 Å². The van der Waals surface area contributed by atoms with Gasteiger partial charge in [0, 0.05) is 23.1 Å². The Bertz CT molecular complexity index is 1210. The highest BCUT2D eigenvalue weighted by Gasteiger charge is 2.29. The average Bonchev–Trinajstić information content (AvgIpc) is 3.28. The lowest BCUT2D eigenvalue weighted by Gasteiger charge is -2.23. The molecule has 6 rings (SSSR count). The second kappa shape index (κ2) is 5.98. The molecule has 0 spiro atoms. The first-order valence-corrected chi connectivity index (χ1v) is 10.8. The fraction of sp³-hybridized carbons (Fsp3) is 0.0870. The zero-order valence-corrected chi connectivity index (χ0v) is 16.3. The zero-order valence-electron chi connectivity index (χ0n) is 14.6. The van der Waals surface area contributed by atoms with Crippen LogP contribution in [0.1, 0.15) is 5.01 Å². The van der Waals surface area contributed by atoms with Gasteiger partial charge in [-0.05, 0) is 36.4 Å². The second-order valence-corrected chi connectivity index (χ2v) is 8.89. The molecule has 3 aromatic rings. The van der Waals surface area contributed by atoms with Gasteiger partial charge in [0.2, 0.25) is 5.52 Å². The Morgan fingerprint density at radius 3 is 2.85 bits per heavy atom. The van der Waals surface area contributed by atoms with E-state index < -0.39 is 0 Å². The third-order valence-electron chi connectivity index (χ3n) is 5.19. The van der Waals surface area contributed by atoms with Gasteiger partial charge >= 0.3 is 0 Å². The zero-order chi connectivity index (χ0) is 17.8. The lowest BCUT2D eigenvalue weighted by Crippen LogP contribution is -2.36. The number of fused-ring (bicyclic) bond motifs is 6. The average molecular weight is 386 g/mol. The van der Waals surface area contributed by atoms with E-state index in [9.17, 15) is 0 Å². The van der Waals surface area contributed by atoms with Crippen molar-refractivity contribution in [3.63, 3.8) is 0 Å². The highest BCUT2D eigenvalue weighted by Crippen LogP contribution is 2.48. The third kappa shape index (κ3) is 2.37. The van der Waals surface area contributed by atoms with Crippen molar-refractivity contribution in [1.29, 1.82) is 0 Å². The molecule has 0 radical (unpaired) electrons. The first-order valence-electron chi connectivity index (χ1n) is 9.14. The van der Waals surface area contributed by atoms with Gasteiger partial charge in [0.15, 0.2) is 6.54 Å². The molecule has 0 aliphatic carbocycles. The fourth-order valence-corrected chi connectivity index (χ4v) is 6.29. The van der Waals surface area contributed by atoms with Crippen molar-refractivity contribution in [2.24, 2.45) is 0 Å². The molecule has 0 amide bonds. The van der Waals surface area contributed by atoms with Crippen molar-refractivity contribution in [2.45, 2.75) is 11.4 Å². The van der Waals surface area contributed by atoms with Crippen LogP contribution in [0.5, 0.6) is 0 Å². The van der Waals surface area contributed by atoms with Crippen LogP contribution >= 0.6 is 23.1 Å². The van der Waals surface area contributed by atoms with Crippen molar-refractivity contribution in [2.75, 3.05) is 11.4 Å². The number of hydrogen-bond acceptors (Lipinski definition) is 3. The number of hydrogen-bond donors (Lipinski definition) is 0. The molecule has 27 heavy (non-hydrogen) atoms. The van der Waals surface area contributed by atoms with Crippen LogP contribution < -0.4 is 9.47 Å². The van der Waals surface area contributed by atoms with Crippen LogP contribution in [0.2, 0.25) is 0 Å². The summed E-state index contributed by atoms with van der Waals surface area (Å²) in [7, 11) is 0. The third-order valence-corrected chi connectivity index (χ3v) is 7.62. The molecule has 2 aromatic carbocycles. The molecule has 130 valence electrons. The molecule has 3 aliphatic rings. The topological polar surface area (TPSA) is 7.12 Å². The monoisotopic (exact) mass is 385 g/mol. The minimum absolute atomic E-state index is 0.949. The second-order valence-electron chi connectivity index (χ2n) is 6.83. The first-order chi connectivity index (χ1) is 13.4. The molecule has 0 N–H and O–H groups in total. The Morgan fingerprint density at radius 1 is 0.963 bits per heavy atom. The number of aromatic nitrogens is 1. The molecule has 3 aliphatic heterocycles. The summed E-state index contributed by atoms with van der Waals surface area (Å²) in [5.41, 5.74) is 5.25. The maximum Gasteiger partial charge on any atom is 0.270 e. The SMILES string of the molecule is C1=CC(C=C2C=CC[n+]3c2sc2ccccc23)=C2Sc3ccccc3N2C1. The minimum atomic E-state index is 0.949. The summed E-state index contributed by atoms with van der Waals surface area (Å²) < 4.78 is 3.78. The standard InChI is InChI=1S/C23H17N2S2/c1-3-11-20-18(9-1)24-13-5-7-16(22(24)26-20)15-17-8-6-14-25-19-10-2-4-12-21(19)27-23(17)25/h1-12,15H,13-14H2/q+1. The molecule has 0 atom stereocenters. The van der Waals surface area contributed by atoms with E-state index in [-0.39, 0.29) is 0 Å². The van der Waals surface area contributed by atoms with Gasteiger partial charge in [0.1, 0.15) is 4.70 Å². The maximum absolute atomic E-state index is 2.43. The number of thioether (sulfide) groups is 1. The van der Waals surface area contributed by atoms with Gasteiger partial charge < -0.3 is 4.90 Å². The van der Waals surface area contributed by atoms with Gasteiger partial charge in [-0.15, -0.1) is 0 Å². The number of para-hydroxylation sites is 2. The minimum Gasteiger partial charge on any atom is -0.331 e. The molecule has 0 fully saturated rings.